The van der Waals surface area contributed by atoms with Crippen LogP contribution in [0, 0.1) is 0 Å². The molecule has 1 rings (SSSR count). The average Bonchev–Trinajstić information content (AvgIpc) is 2.52. The average molecular weight is 202 g/mol. The number of nitrogens with two attached hydrogens (primary N) is 1. The molecule has 1 fully saturated rings. The second-order valence-corrected chi connectivity index (χ2v) is 3.37. The van der Waals surface area contributed by atoms with Crippen LogP contribution in [0.1, 0.15) is 19.8 Å². The van der Waals surface area contributed by atoms with Crippen molar-refractivity contribution in [1.82, 2.24) is 5.48 Å². The van der Waals surface area contributed by atoms with Gasteiger partial charge in [0.15, 0.2) is 6.61 Å². The Morgan fingerprint density at radius 1 is 1.64 bits per heavy atom. The molecule has 0 spiro atoms. The van der Waals surface area contributed by atoms with Crippen LogP contribution >= 0.6 is 0 Å². The molecule has 0 bridgehead atoms. The van der Waals surface area contributed by atoms with E-state index in [0.29, 0.717) is 13.0 Å². The molecule has 1 atom stereocenters. The van der Waals surface area contributed by atoms with E-state index in [1.807, 2.05) is 0 Å². The minimum Gasteiger partial charge on any atom is -0.368 e. The van der Waals surface area contributed by atoms with Crippen LogP contribution in [0.3, 0.4) is 0 Å². The second-order valence-electron chi connectivity index (χ2n) is 3.37. The third-order valence-electron chi connectivity index (χ3n) is 2.08. The van der Waals surface area contributed by atoms with Gasteiger partial charge in [-0.15, -0.1) is 0 Å². The maximum atomic E-state index is 11.4. The Kier molecular flexibility index (Phi) is 3.43. The maximum Gasteiger partial charge on any atom is 0.275 e. The Bertz CT molecular complexity index is 235. The largest absolute Gasteiger partial charge is 0.368 e. The lowest BCUT2D eigenvalue weighted by atomic mass is 10.0. The maximum absolute atomic E-state index is 11.4. The first-order valence-corrected chi connectivity index (χ1v) is 4.39. The molecule has 1 aliphatic rings. The van der Waals surface area contributed by atoms with E-state index in [0.717, 1.165) is 6.42 Å². The summed E-state index contributed by atoms with van der Waals surface area (Å²) in [6, 6.07) is 0. The number of nitrogens with one attached hydrogen (secondary N) is 1. The molecule has 0 aromatic carbocycles. The van der Waals surface area contributed by atoms with Crippen molar-refractivity contribution < 1.29 is 19.2 Å². The second kappa shape index (κ2) is 4.39. The molecule has 2 amide bonds. The Morgan fingerprint density at radius 2 is 2.36 bits per heavy atom. The lowest BCUT2D eigenvalue weighted by Gasteiger charge is -2.20. The van der Waals surface area contributed by atoms with Crippen molar-refractivity contribution in [2.45, 2.75) is 25.4 Å². The van der Waals surface area contributed by atoms with E-state index in [2.05, 4.69) is 10.3 Å². The summed E-state index contributed by atoms with van der Waals surface area (Å²) >= 11 is 0. The molecule has 0 aromatic heterocycles. The summed E-state index contributed by atoms with van der Waals surface area (Å²) in [4.78, 5) is 26.3. The van der Waals surface area contributed by atoms with Crippen LogP contribution in [0.4, 0.5) is 0 Å². The van der Waals surface area contributed by atoms with Crippen molar-refractivity contribution in [1.29, 1.82) is 0 Å². The van der Waals surface area contributed by atoms with Crippen LogP contribution in [0.15, 0.2) is 0 Å². The summed E-state index contributed by atoms with van der Waals surface area (Å²) in [5.74, 6) is -1.01. The van der Waals surface area contributed by atoms with Gasteiger partial charge in [0.1, 0.15) is 5.60 Å². The monoisotopic (exact) mass is 202 g/mol. The number of hydrogen-bond donors (Lipinski definition) is 2. The highest BCUT2D eigenvalue weighted by Crippen LogP contribution is 2.24. The first-order chi connectivity index (χ1) is 6.54. The number of rotatable bonds is 4. The highest BCUT2D eigenvalue weighted by molar-refractivity contribution is 5.84. The Labute approximate surface area is 81.7 Å². The minimum absolute atomic E-state index is 0.332. The van der Waals surface area contributed by atoms with E-state index in [9.17, 15) is 9.59 Å². The van der Waals surface area contributed by atoms with Gasteiger partial charge in [-0.3, -0.25) is 14.4 Å². The van der Waals surface area contributed by atoms with E-state index >= 15 is 0 Å². The van der Waals surface area contributed by atoms with Gasteiger partial charge in [-0.1, -0.05) is 0 Å². The van der Waals surface area contributed by atoms with Crippen molar-refractivity contribution in [3.05, 3.63) is 0 Å². The zero-order chi connectivity index (χ0) is 10.6. The highest BCUT2D eigenvalue weighted by atomic mass is 16.7. The van der Waals surface area contributed by atoms with Crippen molar-refractivity contribution in [3.8, 4) is 0 Å². The molecule has 14 heavy (non-hydrogen) atoms. The number of hydrogen-bond acceptors (Lipinski definition) is 4. The molecule has 0 aliphatic carbocycles. The lowest BCUT2D eigenvalue weighted by Crippen LogP contribution is -2.44. The zero-order valence-electron chi connectivity index (χ0n) is 8.04. The molecule has 1 heterocycles. The van der Waals surface area contributed by atoms with Gasteiger partial charge in [0.25, 0.3) is 5.91 Å². The van der Waals surface area contributed by atoms with Crippen molar-refractivity contribution in [3.63, 3.8) is 0 Å². The standard InChI is InChI=1S/C8H14N2O4/c1-8(3-2-4-13-8)7(12)10-14-5-6(9)11/h2-5H2,1H3,(H2,9,11)(H,10,12). The van der Waals surface area contributed by atoms with E-state index in [1.165, 1.54) is 0 Å². The smallest absolute Gasteiger partial charge is 0.275 e. The first-order valence-electron chi connectivity index (χ1n) is 4.39. The van der Waals surface area contributed by atoms with Crippen LogP contribution in [0.2, 0.25) is 0 Å². The van der Waals surface area contributed by atoms with Gasteiger partial charge in [0.05, 0.1) is 0 Å². The molecule has 0 radical (unpaired) electrons. The number of primary amides is 1. The van der Waals surface area contributed by atoms with Gasteiger partial charge in [-0.2, -0.15) is 0 Å². The minimum atomic E-state index is -0.836. The Balaban J connectivity index is 2.30. The Hall–Kier alpha value is -1.14. The van der Waals surface area contributed by atoms with E-state index < -0.39 is 11.5 Å². The molecular weight excluding hydrogens is 188 g/mol. The van der Waals surface area contributed by atoms with Crippen molar-refractivity contribution >= 4 is 11.8 Å². The molecular formula is C8H14N2O4. The fourth-order valence-corrected chi connectivity index (χ4v) is 1.24. The molecule has 0 saturated carbocycles. The summed E-state index contributed by atoms with van der Waals surface area (Å²) in [5, 5.41) is 0. The predicted molar refractivity (Wildman–Crippen MR) is 46.9 cm³/mol. The van der Waals surface area contributed by atoms with Gasteiger partial charge in [0.2, 0.25) is 5.91 Å². The normalized spacial score (nSPS) is 26.1. The summed E-state index contributed by atoms with van der Waals surface area (Å²) in [6.45, 7) is 1.92. The molecule has 80 valence electrons. The van der Waals surface area contributed by atoms with Crippen LogP contribution in [0.5, 0.6) is 0 Å². The van der Waals surface area contributed by atoms with Crippen molar-refractivity contribution in [2.75, 3.05) is 13.2 Å². The summed E-state index contributed by atoms with van der Waals surface area (Å²) in [5.41, 5.74) is 6.11. The summed E-state index contributed by atoms with van der Waals surface area (Å²) < 4.78 is 5.25. The van der Waals surface area contributed by atoms with Gasteiger partial charge >= 0.3 is 0 Å². The summed E-state index contributed by atoms with van der Waals surface area (Å²) in [7, 11) is 0. The SMILES string of the molecule is CC1(C(=O)NOCC(N)=O)CCCO1. The van der Waals surface area contributed by atoms with E-state index in [-0.39, 0.29) is 12.5 Å². The molecule has 1 aliphatic heterocycles. The number of ether oxygens (including phenoxy) is 1. The van der Waals surface area contributed by atoms with Gasteiger partial charge in [0, 0.05) is 6.61 Å². The number of carbonyl (C=O) groups is 2. The number of carbonyl (C=O) groups excluding carboxylic acids is 2. The van der Waals surface area contributed by atoms with E-state index in [4.69, 9.17) is 10.5 Å². The van der Waals surface area contributed by atoms with Gasteiger partial charge < -0.3 is 10.5 Å². The third kappa shape index (κ3) is 2.68. The molecule has 6 nitrogen and oxygen atoms in total. The van der Waals surface area contributed by atoms with Crippen LogP contribution in [-0.4, -0.2) is 30.6 Å². The Morgan fingerprint density at radius 3 is 2.86 bits per heavy atom. The zero-order valence-corrected chi connectivity index (χ0v) is 8.04. The van der Waals surface area contributed by atoms with Gasteiger partial charge in [-0.05, 0) is 19.8 Å². The van der Waals surface area contributed by atoms with Crippen LogP contribution in [0.25, 0.3) is 0 Å². The topological polar surface area (TPSA) is 90.6 Å². The number of amides is 2. The molecule has 6 heteroatoms. The third-order valence-corrected chi connectivity index (χ3v) is 2.08. The lowest BCUT2D eigenvalue weighted by molar-refractivity contribution is -0.154. The quantitative estimate of drug-likeness (QED) is 0.577. The molecule has 0 aromatic rings. The first kappa shape index (κ1) is 10.9. The highest BCUT2D eigenvalue weighted by Gasteiger charge is 2.37. The van der Waals surface area contributed by atoms with Crippen molar-refractivity contribution in [2.24, 2.45) is 5.73 Å². The molecule has 3 N–H and O–H groups in total. The number of hydroxylamine groups is 1. The molecule has 1 unspecified atom stereocenters. The van der Waals surface area contributed by atoms with Crippen LogP contribution in [-0.2, 0) is 19.2 Å². The molecule has 1 saturated heterocycles. The van der Waals surface area contributed by atoms with Crippen LogP contribution < -0.4 is 11.2 Å². The van der Waals surface area contributed by atoms with E-state index in [1.54, 1.807) is 6.92 Å². The predicted octanol–water partition coefficient (Wildman–Crippen LogP) is -0.911. The summed E-state index contributed by atoms with van der Waals surface area (Å²) in [6.07, 6.45) is 1.50. The fourth-order valence-electron chi connectivity index (χ4n) is 1.24. The van der Waals surface area contributed by atoms with Gasteiger partial charge in [-0.25, -0.2) is 5.48 Å². The fraction of sp³-hybridized carbons (Fsp3) is 0.750.